The van der Waals surface area contributed by atoms with Gasteiger partial charge in [-0.05, 0) is 59.7 Å². The Hall–Kier alpha value is -4.59. The number of para-hydroxylation sites is 2. The van der Waals surface area contributed by atoms with Crippen LogP contribution >= 0.6 is 0 Å². The second-order valence-corrected chi connectivity index (χ2v) is 8.88. The van der Waals surface area contributed by atoms with Gasteiger partial charge in [-0.15, -0.1) is 0 Å². The smallest absolute Gasteiger partial charge is 0.331 e. The van der Waals surface area contributed by atoms with E-state index in [1.165, 1.54) is 23.7 Å². The normalized spacial score (nSPS) is 14.3. The average molecular weight is 483 g/mol. The molecule has 0 amide bonds. The van der Waals surface area contributed by atoms with Crippen LogP contribution in [0.1, 0.15) is 17.3 Å². The largest absolute Gasteiger partial charge is 0.497 e. The maximum atomic E-state index is 14.4. The van der Waals surface area contributed by atoms with Crippen LogP contribution in [-0.4, -0.2) is 20.8 Å². The van der Waals surface area contributed by atoms with Crippen molar-refractivity contribution < 1.29 is 9.13 Å². The Morgan fingerprint density at radius 1 is 0.917 bits per heavy atom. The fourth-order valence-electron chi connectivity index (χ4n) is 5.18. The number of hydrogen-bond donors (Lipinski definition) is 1. The highest BCUT2D eigenvalue weighted by Crippen LogP contribution is 2.45. The minimum Gasteiger partial charge on any atom is -0.497 e. The van der Waals surface area contributed by atoms with E-state index >= 15 is 0 Å². The quantitative estimate of drug-likeness (QED) is 0.415. The van der Waals surface area contributed by atoms with Gasteiger partial charge >= 0.3 is 5.69 Å². The molecule has 0 saturated heterocycles. The van der Waals surface area contributed by atoms with E-state index < -0.39 is 17.3 Å². The number of nitrogens with one attached hydrogen (secondary N) is 1. The highest BCUT2D eigenvalue weighted by Gasteiger charge is 2.34. The lowest BCUT2D eigenvalue weighted by molar-refractivity contribution is 0.415. The van der Waals surface area contributed by atoms with Crippen LogP contribution in [-0.2, 0) is 14.1 Å². The van der Waals surface area contributed by atoms with Crippen molar-refractivity contribution in [3.63, 3.8) is 0 Å². The van der Waals surface area contributed by atoms with Gasteiger partial charge in [0.25, 0.3) is 5.56 Å². The molecule has 0 saturated carbocycles. The van der Waals surface area contributed by atoms with Crippen molar-refractivity contribution >= 4 is 16.6 Å². The third-order valence-corrected chi connectivity index (χ3v) is 6.87. The molecule has 3 heterocycles. The Morgan fingerprint density at radius 3 is 2.39 bits per heavy atom. The Balaban J connectivity index is 1.84. The third-order valence-electron chi connectivity index (χ3n) is 6.87. The Labute approximate surface area is 205 Å². The zero-order valence-electron chi connectivity index (χ0n) is 19.9. The van der Waals surface area contributed by atoms with E-state index in [-0.39, 0.29) is 5.82 Å². The highest BCUT2D eigenvalue weighted by molar-refractivity contribution is 5.99. The molecule has 0 bridgehead atoms. The molecule has 1 atom stereocenters. The molecule has 5 aromatic rings. The highest BCUT2D eigenvalue weighted by atomic mass is 19.1. The predicted molar refractivity (Wildman–Crippen MR) is 138 cm³/mol. The SMILES string of the molecule is COc1ccc(-c2c3c(=O)n(C)c(=O)n(C)c3c3n2-c2ccccc2N[C@@H]3c2cccc(F)c2)cc1. The molecule has 180 valence electrons. The topological polar surface area (TPSA) is 70.2 Å². The fourth-order valence-corrected chi connectivity index (χ4v) is 5.18. The molecule has 0 unspecified atom stereocenters. The summed E-state index contributed by atoms with van der Waals surface area (Å²) in [6.45, 7) is 0. The van der Waals surface area contributed by atoms with Crippen LogP contribution in [0.4, 0.5) is 10.1 Å². The maximum Gasteiger partial charge on any atom is 0.331 e. The molecule has 0 fully saturated rings. The standard InChI is InChI=1S/C28H23FN4O3/c1-31-25-22(27(34)32(2)28(31)35)24(16-11-13-19(36-3)14-12-16)33-21-10-5-4-9-20(21)30-23(26(25)33)17-7-6-8-18(29)15-17/h4-15,23,30H,1-3H3/t23-/m1/s1. The molecule has 0 spiro atoms. The lowest BCUT2D eigenvalue weighted by Gasteiger charge is -2.31. The van der Waals surface area contributed by atoms with Gasteiger partial charge < -0.3 is 14.6 Å². The van der Waals surface area contributed by atoms with Crippen LogP contribution in [0.2, 0.25) is 0 Å². The molecule has 1 aliphatic heterocycles. The molecular formula is C28H23FN4O3. The van der Waals surface area contributed by atoms with E-state index in [1.807, 2.05) is 59.2 Å². The molecule has 6 rings (SSSR count). The summed E-state index contributed by atoms with van der Waals surface area (Å²) in [7, 11) is 4.74. The third kappa shape index (κ3) is 3.04. The van der Waals surface area contributed by atoms with E-state index in [9.17, 15) is 14.0 Å². The second-order valence-electron chi connectivity index (χ2n) is 8.88. The summed E-state index contributed by atoms with van der Waals surface area (Å²) < 4.78 is 24.3. The van der Waals surface area contributed by atoms with Crippen LogP contribution in [0.15, 0.2) is 82.4 Å². The Bertz CT molecular complexity index is 1780. The number of benzene rings is 3. The number of rotatable bonds is 3. The lowest BCUT2D eigenvalue weighted by Crippen LogP contribution is -2.37. The zero-order valence-corrected chi connectivity index (χ0v) is 19.9. The van der Waals surface area contributed by atoms with Crippen molar-refractivity contribution in [2.45, 2.75) is 6.04 Å². The van der Waals surface area contributed by atoms with Crippen LogP contribution in [0.5, 0.6) is 5.75 Å². The maximum absolute atomic E-state index is 14.4. The summed E-state index contributed by atoms with van der Waals surface area (Å²) in [5, 5.41) is 3.94. The monoisotopic (exact) mass is 482 g/mol. The number of fused-ring (bicyclic) bond motifs is 5. The number of nitrogens with zero attached hydrogens (tertiary/aromatic N) is 3. The molecular weight excluding hydrogens is 459 g/mol. The van der Waals surface area contributed by atoms with Crippen LogP contribution in [0, 0.1) is 5.82 Å². The van der Waals surface area contributed by atoms with Crippen molar-refractivity contribution in [1.29, 1.82) is 0 Å². The number of aromatic nitrogens is 3. The van der Waals surface area contributed by atoms with Gasteiger partial charge in [-0.1, -0.05) is 24.3 Å². The minimum absolute atomic E-state index is 0.365. The van der Waals surface area contributed by atoms with Crippen molar-refractivity contribution in [2.24, 2.45) is 14.1 Å². The molecule has 36 heavy (non-hydrogen) atoms. The van der Waals surface area contributed by atoms with Gasteiger partial charge in [-0.3, -0.25) is 13.9 Å². The van der Waals surface area contributed by atoms with E-state index in [0.29, 0.717) is 33.6 Å². The number of ether oxygens (including phenoxy) is 1. The summed E-state index contributed by atoms with van der Waals surface area (Å²) in [5.74, 6) is 0.323. The van der Waals surface area contributed by atoms with Gasteiger partial charge in [0, 0.05) is 14.1 Å². The molecule has 8 heteroatoms. The van der Waals surface area contributed by atoms with Crippen LogP contribution in [0.25, 0.3) is 27.8 Å². The molecule has 2 aromatic heterocycles. The zero-order chi connectivity index (χ0) is 25.1. The van der Waals surface area contributed by atoms with E-state index in [1.54, 1.807) is 20.2 Å². The first kappa shape index (κ1) is 21.9. The first-order chi connectivity index (χ1) is 17.4. The summed E-state index contributed by atoms with van der Waals surface area (Å²) in [5.41, 5.74) is 4.16. The van der Waals surface area contributed by atoms with Gasteiger partial charge in [-0.25, -0.2) is 9.18 Å². The summed E-state index contributed by atoms with van der Waals surface area (Å²) in [4.78, 5) is 26.8. The molecule has 3 aromatic carbocycles. The minimum atomic E-state index is -0.511. The van der Waals surface area contributed by atoms with Crippen molar-refractivity contribution in [3.05, 3.63) is 111 Å². The van der Waals surface area contributed by atoms with E-state index in [4.69, 9.17) is 4.74 Å². The van der Waals surface area contributed by atoms with Gasteiger partial charge in [0.1, 0.15) is 11.6 Å². The summed E-state index contributed by atoms with van der Waals surface area (Å²) in [6.07, 6.45) is 0. The van der Waals surface area contributed by atoms with Gasteiger partial charge in [0.2, 0.25) is 0 Å². The number of aryl methyl sites for hydroxylation is 1. The van der Waals surface area contributed by atoms with Crippen LogP contribution in [0.3, 0.4) is 0 Å². The molecule has 1 N–H and O–H groups in total. The van der Waals surface area contributed by atoms with Crippen LogP contribution < -0.4 is 21.3 Å². The second kappa shape index (κ2) is 7.98. The predicted octanol–water partition coefficient (Wildman–Crippen LogP) is 4.36. The van der Waals surface area contributed by atoms with Gasteiger partial charge in [-0.2, -0.15) is 0 Å². The van der Waals surface area contributed by atoms with E-state index in [2.05, 4.69) is 5.32 Å². The number of methoxy groups -OCH3 is 1. The molecule has 7 nitrogen and oxygen atoms in total. The van der Waals surface area contributed by atoms with Gasteiger partial charge in [0.05, 0.1) is 46.8 Å². The summed E-state index contributed by atoms with van der Waals surface area (Å²) >= 11 is 0. The van der Waals surface area contributed by atoms with Gasteiger partial charge in [0.15, 0.2) is 0 Å². The average Bonchev–Trinajstić information content (AvgIpc) is 3.27. The van der Waals surface area contributed by atoms with Crippen molar-refractivity contribution in [3.8, 4) is 22.7 Å². The first-order valence-electron chi connectivity index (χ1n) is 11.5. The summed E-state index contributed by atoms with van der Waals surface area (Å²) in [6, 6.07) is 21.1. The fraction of sp³-hybridized carbons (Fsp3) is 0.143. The Morgan fingerprint density at radius 2 is 1.67 bits per heavy atom. The number of hydrogen-bond acceptors (Lipinski definition) is 4. The van der Waals surface area contributed by atoms with Crippen molar-refractivity contribution in [2.75, 3.05) is 12.4 Å². The number of halogens is 1. The van der Waals surface area contributed by atoms with Crippen molar-refractivity contribution in [1.82, 2.24) is 13.7 Å². The first-order valence-corrected chi connectivity index (χ1v) is 11.5. The lowest BCUT2D eigenvalue weighted by atomic mass is 9.99. The number of anilines is 1. The molecule has 0 radical (unpaired) electrons. The molecule has 1 aliphatic rings. The van der Waals surface area contributed by atoms with E-state index in [0.717, 1.165) is 21.5 Å². The Kier molecular flexibility index (Phi) is 4.86. The molecule has 0 aliphatic carbocycles.